The fraction of sp³-hybridized carbons (Fsp3) is 0.192. The fourth-order valence-electron chi connectivity index (χ4n) is 3.70. The molecule has 4 nitrogen and oxygen atoms in total. The topological polar surface area (TPSA) is 34.1 Å². The molecule has 1 aliphatic rings. The van der Waals surface area contributed by atoms with Crippen molar-refractivity contribution in [2.45, 2.75) is 12.8 Å². The third kappa shape index (κ3) is 4.45. The number of para-hydroxylation sites is 1. The molecular formula is C26H25FN2O2. The van der Waals surface area contributed by atoms with Crippen LogP contribution in [0.5, 0.6) is 11.5 Å². The van der Waals surface area contributed by atoms with Crippen molar-refractivity contribution < 1.29 is 13.9 Å². The second-order valence-electron chi connectivity index (χ2n) is 7.46. The highest BCUT2D eigenvalue weighted by Crippen LogP contribution is 2.45. The van der Waals surface area contributed by atoms with Crippen molar-refractivity contribution in [2.75, 3.05) is 20.7 Å². The van der Waals surface area contributed by atoms with Crippen LogP contribution in [0, 0.1) is 5.82 Å². The van der Waals surface area contributed by atoms with Gasteiger partial charge in [0.1, 0.15) is 23.1 Å². The molecule has 0 fully saturated rings. The van der Waals surface area contributed by atoms with E-state index in [0.717, 1.165) is 39.5 Å². The molecule has 0 saturated carbocycles. The van der Waals surface area contributed by atoms with Gasteiger partial charge in [-0.15, -0.1) is 0 Å². The second-order valence-corrected chi connectivity index (χ2v) is 7.46. The zero-order valence-corrected chi connectivity index (χ0v) is 17.9. The zero-order chi connectivity index (χ0) is 21.8. The van der Waals surface area contributed by atoms with Gasteiger partial charge in [-0.2, -0.15) is 5.10 Å². The van der Waals surface area contributed by atoms with Crippen molar-refractivity contribution >= 4 is 12.0 Å². The highest BCUT2D eigenvalue weighted by Gasteiger charge is 2.31. The summed E-state index contributed by atoms with van der Waals surface area (Å²) in [5.41, 5.74) is 3.82. The van der Waals surface area contributed by atoms with Gasteiger partial charge in [-0.1, -0.05) is 30.3 Å². The first-order valence-corrected chi connectivity index (χ1v) is 10.3. The van der Waals surface area contributed by atoms with Crippen LogP contribution in [0.3, 0.4) is 0 Å². The van der Waals surface area contributed by atoms with Gasteiger partial charge >= 0.3 is 0 Å². The Morgan fingerprint density at radius 3 is 2.39 bits per heavy atom. The lowest BCUT2D eigenvalue weighted by atomic mass is 9.81. The summed E-state index contributed by atoms with van der Waals surface area (Å²) in [5, 5.41) is 6.25. The number of allylic oxidation sites excluding steroid dienone is 1. The molecule has 0 spiro atoms. The van der Waals surface area contributed by atoms with Crippen LogP contribution in [-0.4, -0.2) is 31.9 Å². The van der Waals surface area contributed by atoms with Crippen molar-refractivity contribution in [3.8, 4) is 11.5 Å². The Hall–Kier alpha value is -3.60. The summed E-state index contributed by atoms with van der Waals surface area (Å²) < 4.78 is 25.6. The Morgan fingerprint density at radius 1 is 1.00 bits per heavy atom. The second kappa shape index (κ2) is 9.04. The molecule has 31 heavy (non-hydrogen) atoms. The van der Waals surface area contributed by atoms with Crippen LogP contribution in [0.15, 0.2) is 83.5 Å². The zero-order valence-electron chi connectivity index (χ0n) is 17.9. The number of hydrogen-bond donors (Lipinski definition) is 0. The average molecular weight is 416 g/mol. The van der Waals surface area contributed by atoms with Gasteiger partial charge in [0.25, 0.3) is 0 Å². The van der Waals surface area contributed by atoms with Gasteiger partial charge in [-0.25, -0.2) is 4.39 Å². The van der Waals surface area contributed by atoms with Crippen molar-refractivity contribution in [2.24, 2.45) is 5.10 Å². The molecule has 1 aliphatic heterocycles. The molecule has 0 N–H and O–H groups in total. The molecule has 3 aromatic rings. The average Bonchev–Trinajstić information content (AvgIpc) is 2.78. The molecule has 1 unspecified atom stereocenters. The summed E-state index contributed by atoms with van der Waals surface area (Å²) in [6.45, 7) is 2.57. The van der Waals surface area contributed by atoms with E-state index in [4.69, 9.17) is 9.47 Å². The highest BCUT2D eigenvalue weighted by atomic mass is 19.1. The molecular weight excluding hydrogens is 391 g/mol. The van der Waals surface area contributed by atoms with Crippen LogP contribution in [0.1, 0.15) is 29.5 Å². The van der Waals surface area contributed by atoms with E-state index < -0.39 is 0 Å². The normalized spacial score (nSPS) is 15.5. The first-order valence-electron chi connectivity index (χ1n) is 10.3. The number of hydrogen-bond acceptors (Lipinski definition) is 4. The number of halogens is 1. The molecule has 4 rings (SSSR count). The minimum Gasteiger partial charge on any atom is -0.494 e. The van der Waals surface area contributed by atoms with Gasteiger partial charge in [0, 0.05) is 36.7 Å². The molecule has 0 aromatic heterocycles. The number of benzene rings is 3. The van der Waals surface area contributed by atoms with Gasteiger partial charge in [-0.3, -0.25) is 0 Å². The predicted octanol–water partition coefficient (Wildman–Crippen LogP) is 5.71. The monoisotopic (exact) mass is 416 g/mol. The summed E-state index contributed by atoms with van der Waals surface area (Å²) in [6.07, 6.45) is 1.83. The van der Waals surface area contributed by atoms with Gasteiger partial charge in [0.15, 0.2) is 0 Å². The van der Waals surface area contributed by atoms with E-state index in [2.05, 4.69) is 5.10 Å². The minimum atomic E-state index is -0.261. The minimum absolute atomic E-state index is 0.143. The SMILES string of the molecule is CCOc1ccc(C2=C(/C=N/N(C)C)C(c3ccc(F)cc3)c3ccccc3O2)cc1. The van der Waals surface area contributed by atoms with Crippen LogP contribution in [0.4, 0.5) is 4.39 Å². The summed E-state index contributed by atoms with van der Waals surface area (Å²) in [6, 6.07) is 22.4. The Morgan fingerprint density at radius 2 is 1.71 bits per heavy atom. The number of rotatable bonds is 6. The third-order valence-electron chi connectivity index (χ3n) is 5.07. The molecule has 1 heterocycles. The van der Waals surface area contributed by atoms with E-state index in [-0.39, 0.29) is 11.7 Å². The smallest absolute Gasteiger partial charge is 0.140 e. The predicted molar refractivity (Wildman–Crippen MR) is 122 cm³/mol. The standard InChI is InChI=1S/C26H25FN2O2/c1-4-30-21-15-11-19(12-16-21)26-23(17-28-29(2)3)25(18-9-13-20(27)14-10-18)22-7-5-6-8-24(22)31-26/h5-17,25H,4H2,1-3H3/b28-17+. The van der Waals surface area contributed by atoms with E-state index in [1.807, 2.05) is 87.9 Å². The molecule has 3 aromatic carbocycles. The van der Waals surface area contributed by atoms with Crippen LogP contribution in [-0.2, 0) is 0 Å². The first kappa shape index (κ1) is 20.7. The number of ether oxygens (including phenoxy) is 2. The summed E-state index contributed by atoms with van der Waals surface area (Å²) in [5.74, 6) is 1.91. The van der Waals surface area contributed by atoms with Gasteiger partial charge in [0.2, 0.25) is 0 Å². The van der Waals surface area contributed by atoms with Gasteiger partial charge < -0.3 is 14.5 Å². The molecule has 0 saturated heterocycles. The van der Waals surface area contributed by atoms with Crippen LogP contribution in [0.25, 0.3) is 5.76 Å². The number of fused-ring (bicyclic) bond motifs is 1. The number of nitrogens with zero attached hydrogens (tertiary/aromatic N) is 2. The van der Waals surface area contributed by atoms with Crippen LogP contribution < -0.4 is 9.47 Å². The quantitative estimate of drug-likeness (QED) is 0.381. The molecule has 0 bridgehead atoms. The van der Waals surface area contributed by atoms with Crippen LogP contribution in [0.2, 0.25) is 0 Å². The fourth-order valence-corrected chi connectivity index (χ4v) is 3.70. The largest absolute Gasteiger partial charge is 0.494 e. The number of hydrazone groups is 1. The Kier molecular flexibility index (Phi) is 6.03. The lowest BCUT2D eigenvalue weighted by molar-refractivity contribution is 0.340. The lowest BCUT2D eigenvalue weighted by Gasteiger charge is -2.30. The van der Waals surface area contributed by atoms with E-state index in [1.165, 1.54) is 12.1 Å². The van der Waals surface area contributed by atoms with Crippen molar-refractivity contribution in [3.05, 3.63) is 101 Å². The maximum Gasteiger partial charge on any atom is 0.140 e. The van der Waals surface area contributed by atoms with Crippen molar-refractivity contribution in [3.63, 3.8) is 0 Å². The summed E-state index contributed by atoms with van der Waals surface area (Å²) in [4.78, 5) is 0. The van der Waals surface area contributed by atoms with Crippen LogP contribution >= 0.6 is 0 Å². The molecule has 1 atom stereocenters. The van der Waals surface area contributed by atoms with Gasteiger partial charge in [-0.05, 0) is 55.0 Å². The lowest BCUT2D eigenvalue weighted by Crippen LogP contribution is -2.18. The summed E-state index contributed by atoms with van der Waals surface area (Å²) in [7, 11) is 3.75. The van der Waals surface area contributed by atoms with E-state index in [9.17, 15) is 4.39 Å². The Labute approximate surface area is 182 Å². The van der Waals surface area contributed by atoms with E-state index >= 15 is 0 Å². The van der Waals surface area contributed by atoms with E-state index in [1.54, 1.807) is 5.01 Å². The highest BCUT2D eigenvalue weighted by molar-refractivity contribution is 5.94. The molecule has 158 valence electrons. The molecule has 0 amide bonds. The van der Waals surface area contributed by atoms with Gasteiger partial charge in [0.05, 0.1) is 12.8 Å². The summed E-state index contributed by atoms with van der Waals surface area (Å²) >= 11 is 0. The Balaban J connectivity index is 1.91. The molecule has 5 heteroatoms. The maximum atomic E-state index is 13.7. The van der Waals surface area contributed by atoms with Crippen molar-refractivity contribution in [1.82, 2.24) is 5.01 Å². The van der Waals surface area contributed by atoms with Crippen molar-refractivity contribution in [1.29, 1.82) is 0 Å². The van der Waals surface area contributed by atoms with E-state index in [0.29, 0.717) is 6.61 Å². The Bertz CT molecular complexity index is 1100. The molecule has 0 aliphatic carbocycles. The first-order chi connectivity index (χ1) is 15.1. The third-order valence-corrected chi connectivity index (χ3v) is 5.07. The maximum absolute atomic E-state index is 13.7. The molecule has 0 radical (unpaired) electrons.